The molecule has 0 saturated heterocycles. The molecule has 1 heterocycles. The first kappa shape index (κ1) is 11.5. The number of aryl methyl sites for hydroxylation is 1. The number of carboxylic acid groups (broad SMARTS) is 1. The van der Waals surface area contributed by atoms with E-state index in [-0.39, 0.29) is 16.5 Å². The number of H-pyrrole nitrogens is 1. The number of aromatic amines is 1. The van der Waals surface area contributed by atoms with Crippen LogP contribution in [0.4, 0.5) is 13.2 Å². The summed E-state index contributed by atoms with van der Waals surface area (Å²) in [5.74, 6) is -1.16. The van der Waals surface area contributed by atoms with Gasteiger partial charge in [0.2, 0.25) is 0 Å². The molecule has 1 aromatic heterocycles. The minimum atomic E-state index is -4.43. The molecule has 0 fully saturated rings. The van der Waals surface area contributed by atoms with Gasteiger partial charge in [-0.05, 0) is 19.1 Å². The van der Waals surface area contributed by atoms with Crippen LogP contribution in [0.25, 0.3) is 10.9 Å². The van der Waals surface area contributed by atoms with Gasteiger partial charge in [-0.3, -0.25) is 0 Å². The Bertz CT molecular complexity index is 599. The van der Waals surface area contributed by atoms with Gasteiger partial charge in [0.05, 0.1) is 11.1 Å². The van der Waals surface area contributed by atoms with Crippen LogP contribution in [0.3, 0.4) is 0 Å². The maximum Gasteiger partial charge on any atom is 0.416 e. The minimum absolute atomic E-state index is 0.00808. The Kier molecular flexibility index (Phi) is 2.38. The van der Waals surface area contributed by atoms with Gasteiger partial charge in [-0.15, -0.1) is 0 Å². The lowest BCUT2D eigenvalue weighted by molar-refractivity contribution is -0.137. The van der Waals surface area contributed by atoms with E-state index >= 15 is 0 Å². The third kappa shape index (κ3) is 1.86. The molecule has 0 saturated carbocycles. The van der Waals surface area contributed by atoms with Gasteiger partial charge in [-0.1, -0.05) is 6.07 Å². The molecule has 2 rings (SSSR count). The number of halogens is 3. The molecule has 0 spiro atoms. The highest BCUT2D eigenvalue weighted by Gasteiger charge is 2.31. The van der Waals surface area contributed by atoms with Crippen LogP contribution in [0.5, 0.6) is 0 Å². The fourth-order valence-electron chi connectivity index (χ4n) is 1.78. The largest absolute Gasteiger partial charge is 0.478 e. The Morgan fingerprint density at radius 2 is 2.00 bits per heavy atom. The number of fused-ring (bicyclic) bond motifs is 1. The molecule has 0 aliphatic rings. The zero-order chi connectivity index (χ0) is 12.8. The van der Waals surface area contributed by atoms with Crippen molar-refractivity contribution in [3.8, 4) is 0 Å². The SMILES string of the molecule is Cc1[nH]c2cc(C(F)(F)F)ccc2c1C(=O)O. The lowest BCUT2D eigenvalue weighted by Crippen LogP contribution is -2.04. The van der Waals surface area contributed by atoms with E-state index in [0.29, 0.717) is 5.69 Å². The Hall–Kier alpha value is -1.98. The molecule has 2 aromatic rings. The number of benzene rings is 1. The van der Waals surface area contributed by atoms with Gasteiger partial charge in [-0.2, -0.15) is 13.2 Å². The molecule has 6 heteroatoms. The number of aromatic nitrogens is 1. The fourth-order valence-corrected chi connectivity index (χ4v) is 1.78. The maximum atomic E-state index is 12.5. The first-order valence-electron chi connectivity index (χ1n) is 4.73. The van der Waals surface area contributed by atoms with Crippen LogP contribution in [0, 0.1) is 6.92 Å². The molecular weight excluding hydrogens is 235 g/mol. The third-order valence-corrected chi connectivity index (χ3v) is 2.53. The summed E-state index contributed by atoms with van der Waals surface area (Å²) >= 11 is 0. The van der Waals surface area contributed by atoms with Gasteiger partial charge in [0.25, 0.3) is 0 Å². The summed E-state index contributed by atoms with van der Waals surface area (Å²) < 4.78 is 37.4. The second-order valence-electron chi connectivity index (χ2n) is 3.69. The number of alkyl halides is 3. The topological polar surface area (TPSA) is 53.1 Å². The van der Waals surface area contributed by atoms with E-state index in [1.165, 1.54) is 13.0 Å². The average molecular weight is 243 g/mol. The number of aromatic carboxylic acids is 1. The number of nitrogens with one attached hydrogen (secondary N) is 1. The zero-order valence-corrected chi connectivity index (χ0v) is 8.72. The van der Waals surface area contributed by atoms with Gasteiger partial charge in [0.1, 0.15) is 0 Å². The number of hydrogen-bond donors (Lipinski definition) is 2. The van der Waals surface area contributed by atoms with Crippen LogP contribution in [0.15, 0.2) is 18.2 Å². The monoisotopic (exact) mass is 243 g/mol. The summed E-state index contributed by atoms with van der Waals surface area (Å²) in [6, 6.07) is 2.96. The number of carbonyl (C=O) groups is 1. The zero-order valence-electron chi connectivity index (χ0n) is 8.72. The second-order valence-corrected chi connectivity index (χ2v) is 3.69. The quantitative estimate of drug-likeness (QED) is 0.808. The third-order valence-electron chi connectivity index (χ3n) is 2.53. The van der Waals surface area contributed by atoms with Crippen molar-refractivity contribution in [1.82, 2.24) is 4.98 Å². The van der Waals surface area contributed by atoms with Gasteiger partial charge < -0.3 is 10.1 Å². The Morgan fingerprint density at radius 3 is 2.53 bits per heavy atom. The van der Waals surface area contributed by atoms with Crippen LogP contribution in [-0.4, -0.2) is 16.1 Å². The molecule has 0 bridgehead atoms. The normalized spacial score (nSPS) is 12.0. The molecule has 3 nitrogen and oxygen atoms in total. The van der Waals surface area contributed by atoms with E-state index in [0.717, 1.165) is 12.1 Å². The summed E-state index contributed by atoms with van der Waals surface area (Å²) in [5, 5.41) is 9.22. The standard InChI is InChI=1S/C11H8F3NO2/c1-5-9(10(16)17)7-3-2-6(11(12,13)14)4-8(7)15-5/h2-4,15H,1H3,(H,16,17). The second kappa shape index (κ2) is 3.51. The van der Waals surface area contributed by atoms with Gasteiger partial charge in [0.15, 0.2) is 0 Å². The van der Waals surface area contributed by atoms with E-state index in [1.54, 1.807) is 0 Å². The van der Waals surface area contributed by atoms with E-state index < -0.39 is 17.7 Å². The van der Waals surface area contributed by atoms with Gasteiger partial charge in [-0.25, -0.2) is 4.79 Å². The molecule has 0 aliphatic heterocycles. The van der Waals surface area contributed by atoms with Crippen LogP contribution in [0.2, 0.25) is 0 Å². The molecule has 0 aliphatic carbocycles. The Labute approximate surface area is 93.9 Å². The highest BCUT2D eigenvalue weighted by Crippen LogP contribution is 2.32. The molecule has 0 unspecified atom stereocenters. The fraction of sp³-hybridized carbons (Fsp3) is 0.182. The van der Waals surface area contributed by atoms with Crippen molar-refractivity contribution in [3.63, 3.8) is 0 Å². The van der Waals surface area contributed by atoms with Gasteiger partial charge >= 0.3 is 12.1 Å². The van der Waals surface area contributed by atoms with Crippen LogP contribution in [0.1, 0.15) is 21.6 Å². The summed E-state index contributed by atoms with van der Waals surface area (Å²) in [6.07, 6.45) is -4.43. The number of rotatable bonds is 1. The van der Waals surface area contributed by atoms with Crippen LogP contribution < -0.4 is 0 Å². The first-order valence-corrected chi connectivity index (χ1v) is 4.73. The Morgan fingerprint density at radius 1 is 1.35 bits per heavy atom. The summed E-state index contributed by atoms with van der Waals surface area (Å²) in [6.45, 7) is 1.51. The number of carboxylic acids is 1. The summed E-state index contributed by atoms with van der Waals surface area (Å²) in [4.78, 5) is 13.6. The van der Waals surface area contributed by atoms with Crippen LogP contribution in [-0.2, 0) is 6.18 Å². The van der Waals surface area contributed by atoms with E-state index in [2.05, 4.69) is 4.98 Å². The predicted octanol–water partition coefficient (Wildman–Crippen LogP) is 3.19. The highest BCUT2D eigenvalue weighted by molar-refractivity contribution is 6.04. The molecule has 0 radical (unpaired) electrons. The Balaban J connectivity index is 2.70. The molecule has 2 N–H and O–H groups in total. The van der Waals surface area contributed by atoms with Crippen molar-refractivity contribution in [2.24, 2.45) is 0 Å². The molecule has 0 amide bonds. The number of hydrogen-bond acceptors (Lipinski definition) is 1. The van der Waals surface area contributed by atoms with E-state index in [1.807, 2.05) is 0 Å². The molecule has 0 atom stereocenters. The predicted molar refractivity (Wildman–Crippen MR) is 55.0 cm³/mol. The lowest BCUT2D eigenvalue weighted by atomic mass is 10.1. The summed E-state index contributed by atoms with van der Waals surface area (Å²) in [5.41, 5.74) is -0.279. The minimum Gasteiger partial charge on any atom is -0.478 e. The average Bonchev–Trinajstić information content (AvgIpc) is 2.50. The van der Waals surface area contributed by atoms with Crippen molar-refractivity contribution < 1.29 is 23.1 Å². The van der Waals surface area contributed by atoms with Crippen molar-refractivity contribution in [1.29, 1.82) is 0 Å². The van der Waals surface area contributed by atoms with Crippen LogP contribution >= 0.6 is 0 Å². The smallest absolute Gasteiger partial charge is 0.416 e. The van der Waals surface area contributed by atoms with E-state index in [4.69, 9.17) is 5.11 Å². The maximum absolute atomic E-state index is 12.5. The van der Waals surface area contributed by atoms with Crippen molar-refractivity contribution >= 4 is 16.9 Å². The molecule has 1 aromatic carbocycles. The highest BCUT2D eigenvalue weighted by atomic mass is 19.4. The summed E-state index contributed by atoms with van der Waals surface area (Å²) in [7, 11) is 0. The molecule has 17 heavy (non-hydrogen) atoms. The van der Waals surface area contributed by atoms with Crippen molar-refractivity contribution in [2.75, 3.05) is 0 Å². The molecule has 90 valence electrons. The van der Waals surface area contributed by atoms with Crippen molar-refractivity contribution in [2.45, 2.75) is 13.1 Å². The molecular formula is C11H8F3NO2. The van der Waals surface area contributed by atoms with Crippen molar-refractivity contribution in [3.05, 3.63) is 35.0 Å². The van der Waals surface area contributed by atoms with E-state index in [9.17, 15) is 18.0 Å². The van der Waals surface area contributed by atoms with Gasteiger partial charge in [0, 0.05) is 16.6 Å². The first-order chi connectivity index (χ1) is 7.80. The lowest BCUT2D eigenvalue weighted by Gasteiger charge is -2.05.